The van der Waals surface area contributed by atoms with Crippen molar-refractivity contribution in [3.8, 4) is 11.5 Å². The molecule has 0 saturated carbocycles. The van der Waals surface area contributed by atoms with Crippen LogP contribution in [0.15, 0.2) is 114 Å². The predicted molar refractivity (Wildman–Crippen MR) is 168 cm³/mol. The van der Waals surface area contributed by atoms with Gasteiger partial charge in [0.1, 0.15) is 29.9 Å². The molecule has 0 unspecified atom stereocenters. The molecule has 4 aromatic carbocycles. The zero-order chi connectivity index (χ0) is 31.5. The quantitative estimate of drug-likeness (QED) is 0.171. The maximum Gasteiger partial charge on any atom is 0.264 e. The highest BCUT2D eigenvalue weighted by Crippen LogP contribution is 2.28. The zero-order valence-electron chi connectivity index (χ0n) is 24.7. The highest BCUT2D eigenvalue weighted by atomic mass is 32.2. The lowest BCUT2D eigenvalue weighted by molar-refractivity contribution is -0.139. The van der Waals surface area contributed by atoms with Gasteiger partial charge >= 0.3 is 0 Å². The largest absolute Gasteiger partial charge is 0.457 e. The molecular weight excluding hydrogens is 581 g/mol. The van der Waals surface area contributed by atoms with Gasteiger partial charge in [0, 0.05) is 13.1 Å². The number of hydrogen-bond acceptors (Lipinski definition) is 5. The molecule has 0 fully saturated rings. The number of benzene rings is 4. The van der Waals surface area contributed by atoms with E-state index in [2.05, 4.69) is 5.32 Å². The third-order valence-electron chi connectivity index (χ3n) is 6.98. The molecule has 1 N–H and O–H groups in total. The van der Waals surface area contributed by atoms with Gasteiger partial charge in [-0.2, -0.15) is 0 Å². The Labute approximate surface area is 258 Å². The number of hydrogen-bond donors (Lipinski definition) is 1. The number of anilines is 1. The molecule has 4 rings (SSSR count). The lowest BCUT2D eigenvalue weighted by atomic mass is 10.1. The predicted octanol–water partition coefficient (Wildman–Crippen LogP) is 6.15. The summed E-state index contributed by atoms with van der Waals surface area (Å²) in [4.78, 5) is 28.4. The van der Waals surface area contributed by atoms with Gasteiger partial charge in [0.05, 0.1) is 10.6 Å². The SMILES string of the molecule is CCCCNC(=O)[C@H](C)N(Cc1ccc(F)cc1)C(=O)CN(c1ccc(Oc2ccccc2)cc1)S(=O)(=O)c1ccccc1. The molecular formula is C34H36FN3O5S. The smallest absolute Gasteiger partial charge is 0.264 e. The van der Waals surface area contributed by atoms with Crippen LogP contribution in [0.5, 0.6) is 11.5 Å². The molecule has 0 spiro atoms. The number of halogens is 1. The number of nitrogens with one attached hydrogen (secondary N) is 1. The number of amides is 2. The average molecular weight is 618 g/mol. The fraction of sp³-hybridized carbons (Fsp3) is 0.235. The van der Waals surface area contributed by atoms with Gasteiger partial charge in [0.15, 0.2) is 0 Å². The zero-order valence-corrected chi connectivity index (χ0v) is 25.5. The van der Waals surface area contributed by atoms with Gasteiger partial charge in [0.25, 0.3) is 10.0 Å². The van der Waals surface area contributed by atoms with E-state index in [1.807, 2.05) is 25.1 Å². The molecule has 4 aromatic rings. The van der Waals surface area contributed by atoms with Crippen LogP contribution in [0.1, 0.15) is 32.3 Å². The first-order chi connectivity index (χ1) is 21.2. The Hall–Kier alpha value is -4.70. The van der Waals surface area contributed by atoms with E-state index < -0.39 is 34.3 Å². The van der Waals surface area contributed by atoms with Crippen LogP contribution >= 0.6 is 0 Å². The summed E-state index contributed by atoms with van der Waals surface area (Å²) in [5.41, 5.74) is 0.831. The molecule has 2 amide bonds. The van der Waals surface area contributed by atoms with Crippen molar-refractivity contribution in [3.05, 3.63) is 121 Å². The Morgan fingerprint density at radius 3 is 2.05 bits per heavy atom. The second-order valence-corrected chi connectivity index (χ2v) is 12.1. The lowest BCUT2D eigenvalue weighted by Crippen LogP contribution is -2.51. The molecule has 0 saturated heterocycles. The first-order valence-corrected chi connectivity index (χ1v) is 15.9. The van der Waals surface area contributed by atoms with Crippen LogP contribution in [0.2, 0.25) is 0 Å². The summed E-state index contributed by atoms with van der Waals surface area (Å²) in [6.07, 6.45) is 1.66. The molecule has 0 heterocycles. The van der Waals surface area contributed by atoms with Gasteiger partial charge in [-0.25, -0.2) is 12.8 Å². The third-order valence-corrected chi connectivity index (χ3v) is 8.76. The fourth-order valence-corrected chi connectivity index (χ4v) is 5.89. The van der Waals surface area contributed by atoms with Crippen LogP contribution in [-0.2, 0) is 26.2 Å². The van der Waals surface area contributed by atoms with E-state index in [1.165, 1.54) is 41.3 Å². The van der Waals surface area contributed by atoms with E-state index in [9.17, 15) is 22.4 Å². The van der Waals surface area contributed by atoms with E-state index in [1.54, 1.807) is 61.5 Å². The summed E-state index contributed by atoms with van der Waals surface area (Å²) in [5, 5.41) is 2.84. The van der Waals surface area contributed by atoms with Crippen LogP contribution in [-0.4, -0.2) is 44.3 Å². The fourth-order valence-electron chi connectivity index (χ4n) is 4.46. The minimum atomic E-state index is -4.20. The number of para-hydroxylation sites is 1. The number of carbonyl (C=O) groups excluding carboxylic acids is 2. The summed E-state index contributed by atoms with van der Waals surface area (Å²) in [6.45, 7) is 3.44. The Morgan fingerprint density at radius 2 is 1.43 bits per heavy atom. The van der Waals surface area contributed by atoms with Crippen molar-refractivity contribution in [2.24, 2.45) is 0 Å². The van der Waals surface area contributed by atoms with Gasteiger partial charge in [0.2, 0.25) is 11.8 Å². The van der Waals surface area contributed by atoms with E-state index >= 15 is 0 Å². The van der Waals surface area contributed by atoms with Gasteiger partial charge in [-0.15, -0.1) is 0 Å². The molecule has 44 heavy (non-hydrogen) atoms. The highest BCUT2D eigenvalue weighted by molar-refractivity contribution is 7.92. The molecule has 0 aliphatic heterocycles. The Kier molecular flexibility index (Phi) is 11.1. The summed E-state index contributed by atoms with van der Waals surface area (Å²) in [5.74, 6) is -0.298. The minimum Gasteiger partial charge on any atom is -0.457 e. The standard InChI is InChI=1S/C34H36FN3O5S/c1-3-4-23-36-34(40)26(2)37(24-27-15-17-28(35)18-16-27)33(39)25-38(44(41,42)32-13-9-6-10-14-32)29-19-21-31(22-20-29)43-30-11-7-5-8-12-30/h5-22,26H,3-4,23-25H2,1-2H3,(H,36,40)/t26-/m0/s1. The molecule has 0 aromatic heterocycles. The molecule has 0 aliphatic carbocycles. The average Bonchev–Trinajstić information content (AvgIpc) is 3.04. The van der Waals surface area contributed by atoms with Crippen LogP contribution in [0.3, 0.4) is 0 Å². The molecule has 0 radical (unpaired) electrons. The van der Waals surface area contributed by atoms with Crippen molar-refractivity contribution in [1.82, 2.24) is 10.2 Å². The monoisotopic (exact) mass is 617 g/mol. The van der Waals surface area contributed by atoms with E-state index in [0.717, 1.165) is 17.1 Å². The number of nitrogens with zero attached hydrogens (tertiary/aromatic N) is 2. The van der Waals surface area contributed by atoms with Crippen LogP contribution in [0.25, 0.3) is 0 Å². The second-order valence-electron chi connectivity index (χ2n) is 10.2. The highest BCUT2D eigenvalue weighted by Gasteiger charge is 2.32. The van der Waals surface area contributed by atoms with Gasteiger partial charge in [-0.3, -0.25) is 13.9 Å². The summed E-state index contributed by atoms with van der Waals surface area (Å²) in [6, 6.07) is 28.0. The number of carbonyl (C=O) groups is 2. The number of ether oxygens (including phenoxy) is 1. The minimum absolute atomic E-state index is 0.00727. The number of unbranched alkanes of at least 4 members (excludes halogenated alkanes) is 1. The lowest BCUT2D eigenvalue weighted by Gasteiger charge is -2.32. The van der Waals surface area contributed by atoms with Crippen LogP contribution in [0, 0.1) is 5.82 Å². The summed E-state index contributed by atoms with van der Waals surface area (Å²) >= 11 is 0. The second kappa shape index (κ2) is 15.2. The van der Waals surface area contributed by atoms with Gasteiger partial charge < -0.3 is 15.0 Å². The van der Waals surface area contributed by atoms with Crippen LogP contribution in [0.4, 0.5) is 10.1 Å². The van der Waals surface area contributed by atoms with E-state index in [4.69, 9.17) is 4.74 Å². The van der Waals surface area contributed by atoms with Crippen molar-refractivity contribution in [2.45, 2.75) is 44.2 Å². The first-order valence-electron chi connectivity index (χ1n) is 14.4. The number of rotatable bonds is 14. The van der Waals surface area contributed by atoms with Crippen molar-refractivity contribution in [1.29, 1.82) is 0 Å². The molecule has 0 aliphatic rings. The third kappa shape index (κ3) is 8.44. The Morgan fingerprint density at radius 1 is 0.841 bits per heavy atom. The van der Waals surface area contributed by atoms with E-state index in [0.29, 0.717) is 23.6 Å². The molecule has 10 heteroatoms. The Balaban J connectivity index is 1.66. The maximum atomic E-state index is 14.0. The van der Waals surface area contributed by atoms with Crippen LogP contribution < -0.4 is 14.4 Å². The molecule has 0 bridgehead atoms. The van der Waals surface area contributed by atoms with Crippen molar-refractivity contribution in [2.75, 3.05) is 17.4 Å². The van der Waals surface area contributed by atoms with Crippen molar-refractivity contribution < 1.29 is 27.1 Å². The first kappa shape index (κ1) is 32.2. The Bertz CT molecular complexity index is 1620. The van der Waals surface area contributed by atoms with Gasteiger partial charge in [-0.05, 0) is 79.6 Å². The molecule has 1 atom stereocenters. The number of sulfonamides is 1. The molecule has 230 valence electrons. The van der Waals surface area contributed by atoms with E-state index in [-0.39, 0.29) is 23.0 Å². The summed E-state index contributed by atoms with van der Waals surface area (Å²) < 4.78 is 48.4. The topological polar surface area (TPSA) is 96.0 Å². The van der Waals surface area contributed by atoms with Crippen molar-refractivity contribution >= 4 is 27.5 Å². The molecule has 8 nitrogen and oxygen atoms in total. The van der Waals surface area contributed by atoms with Crippen molar-refractivity contribution in [3.63, 3.8) is 0 Å². The maximum absolute atomic E-state index is 14.0. The summed E-state index contributed by atoms with van der Waals surface area (Å²) in [7, 11) is -4.20. The van der Waals surface area contributed by atoms with Gasteiger partial charge in [-0.1, -0.05) is 61.9 Å². The normalized spacial score (nSPS) is 11.8.